The number of hydrogen-bond acceptors (Lipinski definition) is 7. The lowest BCUT2D eigenvalue weighted by molar-refractivity contribution is -0.384. The predicted molar refractivity (Wildman–Crippen MR) is 109 cm³/mol. The number of hydrogen-bond donors (Lipinski definition) is 2. The number of benzene rings is 2. The van der Waals surface area contributed by atoms with E-state index in [9.17, 15) is 28.1 Å². The zero-order valence-corrected chi connectivity index (χ0v) is 17.0. The molecule has 30 heavy (non-hydrogen) atoms. The van der Waals surface area contributed by atoms with Gasteiger partial charge in [-0.1, -0.05) is 6.92 Å². The van der Waals surface area contributed by atoms with Crippen LogP contribution < -0.4 is 10.0 Å². The van der Waals surface area contributed by atoms with Crippen LogP contribution in [-0.2, 0) is 19.6 Å². The van der Waals surface area contributed by atoms with Gasteiger partial charge < -0.3 is 10.1 Å². The molecular weight excluding hydrogens is 414 g/mol. The summed E-state index contributed by atoms with van der Waals surface area (Å²) in [6, 6.07) is 10.5. The van der Waals surface area contributed by atoms with Gasteiger partial charge in [-0.15, -0.1) is 0 Å². The van der Waals surface area contributed by atoms with Crippen molar-refractivity contribution in [1.29, 1.82) is 0 Å². The lowest BCUT2D eigenvalue weighted by Gasteiger charge is -2.08. The average Bonchev–Trinajstić information content (AvgIpc) is 2.72. The first-order valence-corrected chi connectivity index (χ1v) is 10.5. The number of nitro benzene ring substituents is 1. The van der Waals surface area contributed by atoms with E-state index in [4.69, 9.17) is 4.74 Å². The topological polar surface area (TPSA) is 145 Å². The fourth-order valence-corrected chi connectivity index (χ4v) is 3.35. The van der Waals surface area contributed by atoms with Crippen molar-refractivity contribution in [1.82, 2.24) is 4.72 Å². The van der Waals surface area contributed by atoms with Crippen LogP contribution in [-0.4, -0.2) is 38.4 Å². The Kier molecular flexibility index (Phi) is 8.01. The van der Waals surface area contributed by atoms with Gasteiger partial charge in [0.25, 0.3) is 5.69 Å². The maximum atomic E-state index is 12.2. The standard InChI is InChI=1S/C19H21N3O7S/c1-2-13-29-19(24)14-3-5-15(6-4-14)21-18(23)11-12-20-30(27,28)17-9-7-16(8-10-17)22(25)26/h3-10,20H,2,11-13H2,1H3,(H,21,23). The Morgan fingerprint density at radius 3 is 2.27 bits per heavy atom. The molecule has 0 atom stereocenters. The smallest absolute Gasteiger partial charge is 0.338 e. The van der Waals surface area contributed by atoms with Gasteiger partial charge in [0.15, 0.2) is 0 Å². The molecule has 0 saturated carbocycles. The molecule has 0 heterocycles. The van der Waals surface area contributed by atoms with E-state index in [2.05, 4.69) is 10.0 Å². The lowest BCUT2D eigenvalue weighted by atomic mass is 10.2. The molecule has 1 amide bonds. The van der Waals surface area contributed by atoms with Crippen molar-refractivity contribution in [2.45, 2.75) is 24.7 Å². The number of anilines is 1. The Morgan fingerprint density at radius 1 is 1.07 bits per heavy atom. The highest BCUT2D eigenvalue weighted by atomic mass is 32.2. The molecule has 0 spiro atoms. The fourth-order valence-electron chi connectivity index (χ4n) is 2.32. The third kappa shape index (κ3) is 6.64. The Bertz CT molecular complexity index is 1000. The number of nitrogens with one attached hydrogen (secondary N) is 2. The van der Waals surface area contributed by atoms with Crippen LogP contribution in [0, 0.1) is 10.1 Å². The fraction of sp³-hybridized carbons (Fsp3) is 0.263. The number of esters is 1. The van der Waals surface area contributed by atoms with E-state index < -0.39 is 26.8 Å². The van der Waals surface area contributed by atoms with E-state index in [-0.39, 0.29) is 23.5 Å². The molecule has 10 nitrogen and oxygen atoms in total. The van der Waals surface area contributed by atoms with Crippen molar-refractivity contribution in [2.24, 2.45) is 0 Å². The van der Waals surface area contributed by atoms with Crippen molar-refractivity contribution in [3.05, 3.63) is 64.2 Å². The molecule has 2 aromatic carbocycles. The average molecular weight is 435 g/mol. The Morgan fingerprint density at radius 2 is 1.70 bits per heavy atom. The van der Waals surface area contributed by atoms with E-state index in [0.29, 0.717) is 24.3 Å². The van der Waals surface area contributed by atoms with Gasteiger partial charge in [-0.25, -0.2) is 17.9 Å². The molecule has 0 fully saturated rings. The summed E-state index contributed by atoms with van der Waals surface area (Å²) in [5.41, 5.74) is 0.584. The van der Waals surface area contributed by atoms with Gasteiger partial charge in [-0.3, -0.25) is 14.9 Å². The largest absolute Gasteiger partial charge is 0.462 e. The van der Waals surface area contributed by atoms with Crippen LogP contribution in [0.1, 0.15) is 30.1 Å². The first-order chi connectivity index (χ1) is 14.2. The summed E-state index contributed by atoms with van der Waals surface area (Å²) < 4.78 is 31.6. The Balaban J connectivity index is 1.84. The van der Waals surface area contributed by atoms with Crippen LogP contribution in [0.3, 0.4) is 0 Å². The molecule has 0 aromatic heterocycles. The molecule has 0 aliphatic carbocycles. The molecule has 11 heteroatoms. The monoisotopic (exact) mass is 435 g/mol. The van der Waals surface area contributed by atoms with Gasteiger partial charge in [0.05, 0.1) is 22.0 Å². The summed E-state index contributed by atoms with van der Waals surface area (Å²) >= 11 is 0. The number of non-ortho nitro benzene ring substituents is 1. The molecule has 0 saturated heterocycles. The summed E-state index contributed by atoms with van der Waals surface area (Å²) in [6.07, 6.45) is 0.584. The molecule has 2 aromatic rings. The zero-order valence-electron chi connectivity index (χ0n) is 16.2. The highest BCUT2D eigenvalue weighted by Gasteiger charge is 2.16. The number of carbonyl (C=O) groups excluding carboxylic acids is 2. The molecule has 0 aliphatic rings. The maximum Gasteiger partial charge on any atom is 0.338 e. The second kappa shape index (κ2) is 10.5. The summed E-state index contributed by atoms with van der Waals surface area (Å²) in [7, 11) is -3.90. The first kappa shape index (κ1) is 23.0. The van der Waals surface area contributed by atoms with Crippen LogP contribution in [0.15, 0.2) is 53.4 Å². The van der Waals surface area contributed by atoms with Crippen LogP contribution in [0.2, 0.25) is 0 Å². The highest BCUT2D eigenvalue weighted by Crippen LogP contribution is 2.16. The molecule has 0 radical (unpaired) electrons. The van der Waals surface area contributed by atoms with Crippen molar-refractivity contribution in [2.75, 3.05) is 18.5 Å². The minimum Gasteiger partial charge on any atom is -0.462 e. The molecule has 2 N–H and O–H groups in total. The SMILES string of the molecule is CCCOC(=O)c1ccc(NC(=O)CCNS(=O)(=O)c2ccc([N+](=O)[O-])cc2)cc1. The number of carbonyl (C=O) groups is 2. The van der Waals surface area contributed by atoms with Crippen LogP contribution >= 0.6 is 0 Å². The number of nitro groups is 1. The van der Waals surface area contributed by atoms with Crippen LogP contribution in [0.25, 0.3) is 0 Å². The van der Waals surface area contributed by atoms with E-state index >= 15 is 0 Å². The van der Waals surface area contributed by atoms with Gasteiger partial charge in [0.1, 0.15) is 0 Å². The van der Waals surface area contributed by atoms with Crippen molar-refractivity contribution >= 4 is 33.3 Å². The zero-order chi connectivity index (χ0) is 22.1. The number of amides is 1. The summed E-state index contributed by atoms with van der Waals surface area (Å²) in [5, 5.41) is 13.2. The molecule has 160 valence electrons. The van der Waals surface area contributed by atoms with Gasteiger partial charge in [0, 0.05) is 30.8 Å². The normalized spacial score (nSPS) is 11.0. The lowest BCUT2D eigenvalue weighted by Crippen LogP contribution is -2.27. The van der Waals surface area contributed by atoms with E-state index in [1.807, 2.05) is 6.92 Å². The number of rotatable bonds is 10. The summed E-state index contributed by atoms with van der Waals surface area (Å²) in [6.45, 7) is 2.05. The van der Waals surface area contributed by atoms with Crippen molar-refractivity contribution in [3.8, 4) is 0 Å². The van der Waals surface area contributed by atoms with Gasteiger partial charge in [-0.05, 0) is 42.8 Å². The summed E-state index contributed by atoms with van der Waals surface area (Å²) in [5.74, 6) is -0.877. The molecule has 0 unspecified atom stereocenters. The minimum absolute atomic E-state index is 0.132. The molecule has 2 rings (SSSR count). The second-order valence-corrected chi connectivity index (χ2v) is 7.93. The third-order valence-electron chi connectivity index (χ3n) is 3.84. The predicted octanol–water partition coefficient (Wildman–Crippen LogP) is 2.47. The van der Waals surface area contributed by atoms with E-state index in [1.165, 1.54) is 12.1 Å². The van der Waals surface area contributed by atoms with Gasteiger partial charge in [-0.2, -0.15) is 0 Å². The third-order valence-corrected chi connectivity index (χ3v) is 5.32. The number of ether oxygens (including phenoxy) is 1. The molecular formula is C19H21N3O7S. The molecule has 0 bridgehead atoms. The number of nitrogens with zero attached hydrogens (tertiary/aromatic N) is 1. The van der Waals surface area contributed by atoms with E-state index in [1.54, 1.807) is 12.1 Å². The summed E-state index contributed by atoms with van der Waals surface area (Å²) in [4.78, 5) is 33.6. The first-order valence-electron chi connectivity index (χ1n) is 9.04. The van der Waals surface area contributed by atoms with Gasteiger partial charge in [0.2, 0.25) is 15.9 Å². The van der Waals surface area contributed by atoms with Crippen LogP contribution in [0.5, 0.6) is 0 Å². The van der Waals surface area contributed by atoms with Crippen LogP contribution in [0.4, 0.5) is 11.4 Å². The molecule has 0 aliphatic heterocycles. The highest BCUT2D eigenvalue weighted by molar-refractivity contribution is 7.89. The Hall–Kier alpha value is -3.31. The van der Waals surface area contributed by atoms with Crippen molar-refractivity contribution in [3.63, 3.8) is 0 Å². The second-order valence-electron chi connectivity index (χ2n) is 6.16. The number of sulfonamides is 1. The Labute approximate surface area is 173 Å². The van der Waals surface area contributed by atoms with E-state index in [0.717, 1.165) is 24.3 Å². The minimum atomic E-state index is -3.90. The van der Waals surface area contributed by atoms with Crippen molar-refractivity contribution < 1.29 is 27.7 Å². The maximum absolute atomic E-state index is 12.2. The quantitative estimate of drug-likeness (QED) is 0.331. The van der Waals surface area contributed by atoms with Gasteiger partial charge >= 0.3 is 5.97 Å².